The molecule has 1 aromatic rings. The van der Waals surface area contributed by atoms with Gasteiger partial charge in [-0.3, -0.25) is 0 Å². The largest absolute Gasteiger partial charge is 0.496 e. The minimum Gasteiger partial charge on any atom is -0.496 e. The lowest BCUT2D eigenvalue weighted by molar-refractivity contribution is 0.398. The number of nitrogens with one attached hydrogen (secondary N) is 1. The molecule has 1 aromatic carbocycles. The van der Waals surface area contributed by atoms with Gasteiger partial charge in [0, 0.05) is 22.6 Å². The lowest BCUT2D eigenvalue weighted by Crippen LogP contribution is -2.25. The summed E-state index contributed by atoms with van der Waals surface area (Å²) in [6.45, 7) is 12.1. The first-order chi connectivity index (χ1) is 10.0. The molecule has 120 valence electrons. The monoisotopic (exact) mass is 309 g/mol. The molecule has 0 amide bonds. The summed E-state index contributed by atoms with van der Waals surface area (Å²) < 4.78 is 5.70. The van der Waals surface area contributed by atoms with Crippen LogP contribution in [-0.4, -0.2) is 24.7 Å². The summed E-state index contributed by atoms with van der Waals surface area (Å²) in [5.74, 6) is 2.14. The second kappa shape index (κ2) is 9.37. The molecule has 2 atom stereocenters. The Hall–Kier alpha value is -0.670. The Morgan fingerprint density at radius 1 is 1.24 bits per heavy atom. The van der Waals surface area contributed by atoms with E-state index < -0.39 is 0 Å². The number of hydrogen-bond donors (Lipinski definition) is 1. The minimum atomic E-state index is 0.359. The standard InChI is InChI=1S/C18H31NOS/c1-7-11-19-17(12-21-14(4)8-2)16-10-9-13(3)15(5)18(16)20-6/h9-10,14,17,19H,7-8,11-12H2,1-6H3. The summed E-state index contributed by atoms with van der Waals surface area (Å²) in [5, 5.41) is 4.39. The van der Waals surface area contributed by atoms with Gasteiger partial charge in [-0.2, -0.15) is 11.8 Å². The number of rotatable bonds is 9. The molecule has 1 rings (SSSR count). The molecule has 0 radical (unpaired) electrons. The van der Waals surface area contributed by atoms with Crippen molar-refractivity contribution in [3.63, 3.8) is 0 Å². The van der Waals surface area contributed by atoms with Crippen molar-refractivity contribution in [3.8, 4) is 5.75 Å². The molecule has 0 heterocycles. The summed E-state index contributed by atoms with van der Waals surface area (Å²) in [5.41, 5.74) is 3.84. The van der Waals surface area contributed by atoms with Gasteiger partial charge in [0.25, 0.3) is 0 Å². The van der Waals surface area contributed by atoms with E-state index in [1.165, 1.54) is 23.1 Å². The second-order valence-electron chi connectivity index (χ2n) is 5.69. The van der Waals surface area contributed by atoms with E-state index in [2.05, 4.69) is 52.1 Å². The third-order valence-electron chi connectivity index (χ3n) is 4.05. The predicted molar refractivity (Wildman–Crippen MR) is 95.7 cm³/mol. The molecule has 0 spiro atoms. The first-order valence-corrected chi connectivity index (χ1v) is 9.09. The van der Waals surface area contributed by atoms with E-state index in [0.29, 0.717) is 11.3 Å². The van der Waals surface area contributed by atoms with Crippen LogP contribution in [-0.2, 0) is 0 Å². The van der Waals surface area contributed by atoms with Crippen LogP contribution in [0.5, 0.6) is 5.75 Å². The van der Waals surface area contributed by atoms with Crippen molar-refractivity contribution < 1.29 is 4.74 Å². The Labute approximate surface area is 135 Å². The van der Waals surface area contributed by atoms with Crippen molar-refractivity contribution in [2.24, 2.45) is 0 Å². The quantitative estimate of drug-likeness (QED) is 0.702. The Balaban J connectivity index is 2.99. The van der Waals surface area contributed by atoms with Crippen LogP contribution in [0.4, 0.5) is 0 Å². The van der Waals surface area contributed by atoms with E-state index in [0.717, 1.165) is 24.5 Å². The highest BCUT2D eigenvalue weighted by Crippen LogP contribution is 2.33. The third kappa shape index (κ3) is 5.23. The van der Waals surface area contributed by atoms with Crippen LogP contribution in [0.15, 0.2) is 12.1 Å². The molecule has 0 aromatic heterocycles. The highest BCUT2D eigenvalue weighted by atomic mass is 32.2. The lowest BCUT2D eigenvalue weighted by atomic mass is 10.00. The maximum absolute atomic E-state index is 5.70. The maximum Gasteiger partial charge on any atom is 0.126 e. The normalized spacial score (nSPS) is 14.0. The summed E-state index contributed by atoms with van der Waals surface area (Å²) >= 11 is 2.04. The van der Waals surface area contributed by atoms with Gasteiger partial charge in [-0.15, -0.1) is 0 Å². The third-order valence-corrected chi connectivity index (χ3v) is 5.48. The van der Waals surface area contributed by atoms with Crippen LogP contribution < -0.4 is 10.1 Å². The highest BCUT2D eigenvalue weighted by Gasteiger charge is 2.18. The molecule has 2 nitrogen and oxygen atoms in total. The first kappa shape index (κ1) is 18.4. The Morgan fingerprint density at radius 3 is 2.52 bits per heavy atom. The molecule has 0 aliphatic carbocycles. The van der Waals surface area contributed by atoms with E-state index in [9.17, 15) is 0 Å². The van der Waals surface area contributed by atoms with Gasteiger partial charge in [-0.25, -0.2) is 0 Å². The van der Waals surface area contributed by atoms with Crippen LogP contribution in [0, 0.1) is 13.8 Å². The van der Waals surface area contributed by atoms with Crippen molar-refractivity contribution in [2.75, 3.05) is 19.4 Å². The van der Waals surface area contributed by atoms with Gasteiger partial charge < -0.3 is 10.1 Å². The smallest absolute Gasteiger partial charge is 0.126 e. The SMILES string of the molecule is CCCNC(CSC(C)CC)c1ccc(C)c(C)c1OC. The molecular weight excluding hydrogens is 278 g/mol. The van der Waals surface area contributed by atoms with Gasteiger partial charge in [-0.1, -0.05) is 32.9 Å². The van der Waals surface area contributed by atoms with Crippen molar-refractivity contribution in [2.45, 2.75) is 58.8 Å². The van der Waals surface area contributed by atoms with Gasteiger partial charge in [0.15, 0.2) is 0 Å². The maximum atomic E-state index is 5.70. The zero-order valence-corrected chi connectivity index (χ0v) is 15.3. The van der Waals surface area contributed by atoms with Gasteiger partial charge in [0.2, 0.25) is 0 Å². The summed E-state index contributed by atoms with van der Waals surface area (Å²) in [7, 11) is 1.78. The second-order valence-corrected chi connectivity index (χ2v) is 7.16. The van der Waals surface area contributed by atoms with Crippen LogP contribution >= 0.6 is 11.8 Å². The zero-order chi connectivity index (χ0) is 15.8. The van der Waals surface area contributed by atoms with Gasteiger partial charge in [-0.05, 0) is 44.4 Å². The molecular formula is C18H31NOS. The molecule has 1 N–H and O–H groups in total. The fourth-order valence-electron chi connectivity index (χ4n) is 2.31. The molecule has 0 aliphatic rings. The average Bonchev–Trinajstić information content (AvgIpc) is 2.50. The fraction of sp³-hybridized carbons (Fsp3) is 0.667. The van der Waals surface area contributed by atoms with E-state index in [1.54, 1.807) is 7.11 Å². The van der Waals surface area contributed by atoms with Crippen LogP contribution in [0.1, 0.15) is 56.3 Å². The molecule has 0 saturated heterocycles. The summed E-state index contributed by atoms with van der Waals surface area (Å²) in [4.78, 5) is 0. The molecule has 0 fully saturated rings. The van der Waals surface area contributed by atoms with Crippen molar-refractivity contribution in [3.05, 3.63) is 28.8 Å². The highest BCUT2D eigenvalue weighted by molar-refractivity contribution is 7.99. The minimum absolute atomic E-state index is 0.359. The molecule has 21 heavy (non-hydrogen) atoms. The number of methoxy groups -OCH3 is 1. The van der Waals surface area contributed by atoms with Crippen LogP contribution in [0.3, 0.4) is 0 Å². The molecule has 2 unspecified atom stereocenters. The number of thioether (sulfide) groups is 1. The van der Waals surface area contributed by atoms with Gasteiger partial charge in [0.05, 0.1) is 7.11 Å². The van der Waals surface area contributed by atoms with Crippen molar-refractivity contribution in [1.82, 2.24) is 5.32 Å². The Morgan fingerprint density at radius 2 is 1.95 bits per heavy atom. The Kier molecular flexibility index (Phi) is 8.20. The summed E-state index contributed by atoms with van der Waals surface area (Å²) in [6.07, 6.45) is 2.37. The average molecular weight is 310 g/mol. The topological polar surface area (TPSA) is 21.3 Å². The molecule has 0 aliphatic heterocycles. The summed E-state index contributed by atoms with van der Waals surface area (Å²) in [6, 6.07) is 4.80. The number of ether oxygens (including phenoxy) is 1. The van der Waals surface area contributed by atoms with Crippen LogP contribution in [0.25, 0.3) is 0 Å². The molecule has 3 heteroatoms. The fourth-order valence-corrected chi connectivity index (χ4v) is 3.37. The van der Waals surface area contributed by atoms with E-state index >= 15 is 0 Å². The molecule has 0 saturated carbocycles. The van der Waals surface area contributed by atoms with E-state index in [4.69, 9.17) is 4.74 Å². The number of benzene rings is 1. The number of hydrogen-bond acceptors (Lipinski definition) is 3. The number of aryl methyl sites for hydroxylation is 1. The molecule has 0 bridgehead atoms. The van der Waals surface area contributed by atoms with Crippen molar-refractivity contribution >= 4 is 11.8 Å². The van der Waals surface area contributed by atoms with E-state index in [1.807, 2.05) is 11.8 Å². The Bertz CT molecular complexity index is 433. The van der Waals surface area contributed by atoms with Crippen molar-refractivity contribution in [1.29, 1.82) is 0 Å². The van der Waals surface area contributed by atoms with Gasteiger partial charge >= 0.3 is 0 Å². The zero-order valence-electron chi connectivity index (χ0n) is 14.5. The lowest BCUT2D eigenvalue weighted by Gasteiger charge is -2.24. The predicted octanol–water partition coefficient (Wildman–Crippen LogP) is 4.88. The first-order valence-electron chi connectivity index (χ1n) is 8.04. The van der Waals surface area contributed by atoms with Crippen LogP contribution in [0.2, 0.25) is 0 Å². The van der Waals surface area contributed by atoms with Gasteiger partial charge in [0.1, 0.15) is 5.75 Å². The van der Waals surface area contributed by atoms with E-state index in [-0.39, 0.29) is 0 Å².